The molecule has 0 aliphatic rings. The molecule has 12 N–H and O–H groups in total. The van der Waals surface area contributed by atoms with Crippen LogP contribution in [-0.4, -0.2) is 82.2 Å². The van der Waals surface area contributed by atoms with Gasteiger partial charge in [-0.3, -0.25) is 29.0 Å². The molecule has 198 valence electrons. The van der Waals surface area contributed by atoms with Gasteiger partial charge in [-0.25, -0.2) is 0 Å². The number of carboxylic acids is 2. The summed E-state index contributed by atoms with van der Waals surface area (Å²) in [4.78, 5) is 63.5. The molecule has 0 saturated heterocycles. The van der Waals surface area contributed by atoms with Gasteiger partial charge in [0.2, 0.25) is 17.7 Å². The van der Waals surface area contributed by atoms with Crippen LogP contribution in [0, 0.1) is 0 Å². The molecule has 0 heterocycles. The number of nitrogens with two attached hydrogens (primary N) is 3. The van der Waals surface area contributed by atoms with Crippen LogP contribution < -0.4 is 33.2 Å². The summed E-state index contributed by atoms with van der Waals surface area (Å²) in [5, 5.41) is 34.0. The number of carbonyl (C=O) groups excluding carboxylic acids is 3. The molecule has 36 heavy (non-hydrogen) atoms. The van der Waals surface area contributed by atoms with Crippen LogP contribution in [0.25, 0.3) is 0 Å². The topological polar surface area (TPSA) is 273 Å². The number of carboxylic acid groups (broad SMARTS) is 2. The first kappa shape index (κ1) is 29.6. The number of nitrogens with zero attached hydrogens (tertiary/aromatic N) is 1. The molecule has 1 aromatic carbocycles. The highest BCUT2D eigenvalue weighted by atomic mass is 16.4. The maximum absolute atomic E-state index is 13.0. The number of hydrogen-bond donors (Lipinski definition) is 9. The molecule has 0 saturated carbocycles. The Kier molecular flexibility index (Phi) is 12.2. The van der Waals surface area contributed by atoms with Crippen LogP contribution in [0.5, 0.6) is 5.75 Å². The lowest BCUT2D eigenvalue weighted by Gasteiger charge is -2.23. The van der Waals surface area contributed by atoms with Gasteiger partial charge in [-0.05, 0) is 30.5 Å². The van der Waals surface area contributed by atoms with Gasteiger partial charge >= 0.3 is 11.9 Å². The van der Waals surface area contributed by atoms with E-state index in [1.165, 1.54) is 24.3 Å². The molecule has 0 spiro atoms. The lowest BCUT2D eigenvalue weighted by molar-refractivity contribution is -0.141. The highest BCUT2D eigenvalue weighted by Crippen LogP contribution is 2.12. The first-order valence-corrected chi connectivity index (χ1v) is 10.8. The van der Waals surface area contributed by atoms with Crippen LogP contribution >= 0.6 is 0 Å². The number of guanidine groups is 1. The Hall–Kier alpha value is -4.40. The SMILES string of the molecule is NC(N)=NCCCC(N)C(=O)NC(Cc1ccc(O)cc1)C(=O)NC(CC(=O)O)C(=O)NCC(=O)O. The fourth-order valence-corrected chi connectivity index (χ4v) is 2.95. The zero-order valence-corrected chi connectivity index (χ0v) is 19.3. The number of rotatable bonds is 15. The van der Waals surface area contributed by atoms with Crippen LogP contribution in [0.1, 0.15) is 24.8 Å². The lowest BCUT2D eigenvalue weighted by Crippen LogP contribution is -2.57. The molecular weight excluding hydrogens is 478 g/mol. The second-order valence-corrected chi connectivity index (χ2v) is 7.76. The van der Waals surface area contributed by atoms with Crippen molar-refractivity contribution in [3.63, 3.8) is 0 Å². The van der Waals surface area contributed by atoms with E-state index in [1.807, 2.05) is 5.32 Å². The summed E-state index contributed by atoms with van der Waals surface area (Å²) in [6.45, 7) is -0.545. The van der Waals surface area contributed by atoms with Crippen LogP contribution in [0.2, 0.25) is 0 Å². The largest absolute Gasteiger partial charge is 0.508 e. The van der Waals surface area contributed by atoms with Crippen molar-refractivity contribution in [3.05, 3.63) is 29.8 Å². The van der Waals surface area contributed by atoms with E-state index in [2.05, 4.69) is 15.6 Å². The predicted molar refractivity (Wildman–Crippen MR) is 126 cm³/mol. The third-order valence-electron chi connectivity index (χ3n) is 4.74. The van der Waals surface area contributed by atoms with Crippen molar-refractivity contribution in [1.29, 1.82) is 0 Å². The zero-order chi connectivity index (χ0) is 27.3. The van der Waals surface area contributed by atoms with Gasteiger partial charge in [0.1, 0.15) is 24.4 Å². The number of phenolic OH excluding ortho intramolecular Hbond substituents is 1. The molecule has 3 unspecified atom stereocenters. The summed E-state index contributed by atoms with van der Waals surface area (Å²) in [7, 11) is 0. The molecule has 15 nitrogen and oxygen atoms in total. The Morgan fingerprint density at radius 2 is 1.50 bits per heavy atom. The number of benzene rings is 1. The summed E-state index contributed by atoms with van der Waals surface area (Å²) < 4.78 is 0. The Balaban J connectivity index is 3.00. The second-order valence-electron chi connectivity index (χ2n) is 7.76. The summed E-state index contributed by atoms with van der Waals surface area (Å²) >= 11 is 0. The van der Waals surface area contributed by atoms with Crippen molar-refractivity contribution in [2.75, 3.05) is 13.1 Å². The van der Waals surface area contributed by atoms with E-state index in [9.17, 15) is 29.1 Å². The minimum absolute atomic E-state index is 0.0248. The van der Waals surface area contributed by atoms with Crippen molar-refractivity contribution in [2.45, 2.75) is 43.8 Å². The average molecular weight is 510 g/mol. The smallest absolute Gasteiger partial charge is 0.322 e. The number of carbonyl (C=O) groups is 5. The monoisotopic (exact) mass is 509 g/mol. The zero-order valence-electron chi connectivity index (χ0n) is 19.3. The van der Waals surface area contributed by atoms with E-state index < -0.39 is 60.8 Å². The van der Waals surface area contributed by atoms with Crippen molar-refractivity contribution >= 4 is 35.6 Å². The first-order valence-electron chi connectivity index (χ1n) is 10.8. The first-order chi connectivity index (χ1) is 16.9. The van der Waals surface area contributed by atoms with Gasteiger partial charge in [0.25, 0.3) is 0 Å². The van der Waals surface area contributed by atoms with E-state index in [-0.39, 0.29) is 31.1 Å². The van der Waals surface area contributed by atoms with Crippen LogP contribution in [0.3, 0.4) is 0 Å². The van der Waals surface area contributed by atoms with E-state index >= 15 is 0 Å². The Morgan fingerprint density at radius 1 is 0.889 bits per heavy atom. The Morgan fingerprint density at radius 3 is 2.06 bits per heavy atom. The number of hydrogen-bond acceptors (Lipinski definition) is 8. The predicted octanol–water partition coefficient (Wildman–Crippen LogP) is -3.04. The standard InChI is InChI=1S/C21H31N7O8/c22-13(2-1-7-25-21(23)24)18(34)27-14(8-11-3-5-12(29)6-4-11)20(36)28-15(9-16(30)31)19(35)26-10-17(32)33/h3-6,13-15,29H,1-2,7-10,22H2,(H,26,35)(H,27,34)(H,28,36)(H,30,31)(H,32,33)(H4,23,24,25). The number of aromatic hydroxyl groups is 1. The summed E-state index contributed by atoms with van der Waals surface area (Å²) in [5.41, 5.74) is 16.9. The number of phenols is 1. The normalized spacial score (nSPS) is 12.9. The molecule has 0 aliphatic heterocycles. The van der Waals surface area contributed by atoms with Gasteiger partial charge in [0.15, 0.2) is 5.96 Å². The van der Waals surface area contributed by atoms with Gasteiger partial charge in [0.05, 0.1) is 12.5 Å². The van der Waals surface area contributed by atoms with Gasteiger partial charge in [-0.15, -0.1) is 0 Å². The Labute approximate surface area is 206 Å². The van der Waals surface area contributed by atoms with Gasteiger partial charge in [-0.2, -0.15) is 0 Å². The molecule has 1 aromatic rings. The molecule has 15 heteroatoms. The highest BCUT2D eigenvalue weighted by Gasteiger charge is 2.29. The van der Waals surface area contributed by atoms with Crippen LogP contribution in [0.15, 0.2) is 29.3 Å². The molecule has 3 atom stereocenters. The molecule has 0 aromatic heterocycles. The average Bonchev–Trinajstić information content (AvgIpc) is 2.79. The molecule has 0 fully saturated rings. The highest BCUT2D eigenvalue weighted by molar-refractivity contribution is 5.95. The second kappa shape index (κ2) is 14.8. The number of nitrogens with one attached hydrogen (secondary N) is 3. The maximum Gasteiger partial charge on any atom is 0.322 e. The Bertz CT molecular complexity index is 964. The number of aliphatic imine (C=N–C) groups is 1. The minimum Gasteiger partial charge on any atom is -0.508 e. The molecule has 0 radical (unpaired) electrons. The van der Waals surface area contributed by atoms with E-state index in [0.717, 1.165) is 0 Å². The van der Waals surface area contributed by atoms with E-state index in [0.29, 0.717) is 12.0 Å². The fraction of sp³-hybridized carbons (Fsp3) is 0.429. The quantitative estimate of drug-likeness (QED) is 0.0651. The maximum atomic E-state index is 13.0. The van der Waals surface area contributed by atoms with Gasteiger partial charge in [0, 0.05) is 13.0 Å². The molecule has 0 aliphatic carbocycles. The van der Waals surface area contributed by atoms with Crippen LogP contribution in [-0.2, 0) is 30.4 Å². The van der Waals surface area contributed by atoms with Crippen LogP contribution in [0.4, 0.5) is 0 Å². The van der Waals surface area contributed by atoms with Gasteiger partial charge < -0.3 is 48.5 Å². The van der Waals surface area contributed by atoms with E-state index in [4.69, 9.17) is 27.4 Å². The van der Waals surface area contributed by atoms with Crippen molar-refractivity contribution in [2.24, 2.45) is 22.2 Å². The number of amides is 3. The van der Waals surface area contributed by atoms with Crippen molar-refractivity contribution < 1.29 is 39.3 Å². The molecule has 3 amide bonds. The van der Waals surface area contributed by atoms with Crippen molar-refractivity contribution in [3.8, 4) is 5.75 Å². The number of aliphatic carboxylic acids is 2. The van der Waals surface area contributed by atoms with Crippen molar-refractivity contribution in [1.82, 2.24) is 16.0 Å². The minimum atomic E-state index is -1.61. The summed E-state index contributed by atoms with van der Waals surface area (Å²) in [5.74, 6) is -5.54. The third kappa shape index (κ3) is 11.6. The van der Waals surface area contributed by atoms with E-state index in [1.54, 1.807) is 0 Å². The van der Waals surface area contributed by atoms with Gasteiger partial charge in [-0.1, -0.05) is 12.1 Å². The summed E-state index contributed by atoms with van der Waals surface area (Å²) in [6, 6.07) is 1.83. The summed E-state index contributed by atoms with van der Waals surface area (Å²) in [6.07, 6.45) is -0.350. The molecular formula is C21H31N7O8. The fourth-order valence-electron chi connectivity index (χ4n) is 2.95. The third-order valence-corrected chi connectivity index (χ3v) is 4.74. The lowest BCUT2D eigenvalue weighted by atomic mass is 10.0. The molecule has 0 bridgehead atoms. The molecule has 1 rings (SSSR count).